The van der Waals surface area contributed by atoms with Gasteiger partial charge in [0.1, 0.15) is 49.8 Å². The van der Waals surface area contributed by atoms with Gasteiger partial charge >= 0.3 is 47.8 Å². The molecule has 4 aliphatic rings. The molecule has 22 nitrogen and oxygen atoms in total. The molecular formula is C74H62O22. The minimum Gasteiger partial charge on any atom is -0.459 e. The van der Waals surface area contributed by atoms with Crippen LogP contribution in [0.25, 0.3) is 0 Å². The summed E-state index contributed by atoms with van der Waals surface area (Å²) in [7, 11) is 0. The number of carbonyl (C=O) groups excluding carboxylic acids is 8. The predicted octanol–water partition coefficient (Wildman–Crippen LogP) is 9.07. The Morgan fingerprint density at radius 1 is 0.271 bits per heavy atom. The molecule has 0 amide bonds. The van der Waals surface area contributed by atoms with E-state index in [1.807, 2.05) is 0 Å². The van der Waals surface area contributed by atoms with E-state index in [9.17, 15) is 38.4 Å². The predicted molar refractivity (Wildman–Crippen MR) is 334 cm³/mol. The lowest BCUT2D eigenvalue weighted by atomic mass is 9.97. The third-order valence-electron chi connectivity index (χ3n) is 16.1. The summed E-state index contributed by atoms with van der Waals surface area (Å²) in [6, 6.07) is 63.4. The molecule has 22 heteroatoms. The minimum atomic E-state index is -1.78. The summed E-state index contributed by atoms with van der Waals surface area (Å²) >= 11 is 0. The number of esters is 8. The summed E-state index contributed by atoms with van der Waals surface area (Å²) in [6.45, 7) is -1.85. The van der Waals surface area contributed by atoms with Crippen LogP contribution in [0.15, 0.2) is 243 Å². The number of carbonyl (C=O) groups is 8. The maximum Gasteiger partial charge on any atom is 0.338 e. The molecule has 0 N–H and O–H groups in total. The first-order valence-electron chi connectivity index (χ1n) is 30.8. The van der Waals surface area contributed by atoms with Gasteiger partial charge in [-0.3, -0.25) is 0 Å². The minimum absolute atomic E-state index is 0.0650. The van der Waals surface area contributed by atoms with Gasteiger partial charge in [0.15, 0.2) is 49.2 Å². The summed E-state index contributed by atoms with van der Waals surface area (Å²) in [5, 5.41) is 0. The molecular weight excluding hydrogens is 1240 g/mol. The van der Waals surface area contributed by atoms with Crippen LogP contribution in [0.3, 0.4) is 0 Å². The average Bonchev–Trinajstić information content (AvgIpc) is 1.13. The first-order valence-corrected chi connectivity index (χ1v) is 30.8. The van der Waals surface area contributed by atoms with Crippen LogP contribution in [-0.4, -0.2) is 160 Å². The number of fused-ring (bicyclic) bond motifs is 1. The molecule has 8 aromatic carbocycles. The molecule has 0 radical (unpaired) electrons. The van der Waals surface area contributed by atoms with Gasteiger partial charge in [-0.15, -0.1) is 0 Å². The highest BCUT2D eigenvalue weighted by atomic mass is 16.8. The molecule has 8 aromatic rings. The SMILES string of the molecule is O=C(OC[C@H]1O[C@@H](O[C@H]2CO[C@H]3[C@@H]2OC[C@H]3O[C@@H]2O[C@H](COC(=O)c3ccccc3)[C@@H](OC(=O)c3ccccc3)[C@H](OC(=O)c3ccccc3)[C@H]2OC(=O)c2ccccc2)[C@H](OC(=O)c2ccccc2)[C@@H](OC(=O)c2ccccc2)[C@@H]1OC(=O)c1ccccc1)c1ccccc1. The van der Waals surface area contributed by atoms with E-state index < -0.39 is 147 Å². The number of hydrogen-bond acceptors (Lipinski definition) is 22. The quantitative estimate of drug-likeness (QED) is 0.0452. The first kappa shape index (κ1) is 65.3. The van der Waals surface area contributed by atoms with E-state index in [0.717, 1.165) is 0 Å². The first-order chi connectivity index (χ1) is 46.9. The van der Waals surface area contributed by atoms with Gasteiger partial charge in [0.05, 0.1) is 57.7 Å². The van der Waals surface area contributed by atoms with Crippen molar-refractivity contribution in [1.82, 2.24) is 0 Å². The van der Waals surface area contributed by atoms with Crippen LogP contribution in [0.1, 0.15) is 82.9 Å². The van der Waals surface area contributed by atoms with Crippen molar-refractivity contribution in [1.29, 1.82) is 0 Å². The van der Waals surface area contributed by atoms with E-state index in [0.29, 0.717) is 0 Å². The molecule has 490 valence electrons. The van der Waals surface area contributed by atoms with E-state index >= 15 is 0 Å². The van der Waals surface area contributed by atoms with Gasteiger partial charge in [-0.2, -0.15) is 0 Å². The lowest BCUT2D eigenvalue weighted by molar-refractivity contribution is -0.314. The zero-order valence-corrected chi connectivity index (χ0v) is 51.0. The fraction of sp³-hybridized carbons (Fsp3) is 0.243. The highest BCUT2D eigenvalue weighted by Crippen LogP contribution is 2.39. The maximum atomic E-state index is 14.4. The largest absolute Gasteiger partial charge is 0.459 e. The third-order valence-corrected chi connectivity index (χ3v) is 16.1. The highest BCUT2D eigenvalue weighted by Gasteiger charge is 2.59. The fourth-order valence-electron chi connectivity index (χ4n) is 11.3. The van der Waals surface area contributed by atoms with Crippen molar-refractivity contribution in [2.24, 2.45) is 0 Å². The van der Waals surface area contributed by atoms with Gasteiger partial charge < -0.3 is 66.3 Å². The highest BCUT2D eigenvalue weighted by molar-refractivity contribution is 5.93. The summed E-state index contributed by atoms with van der Waals surface area (Å²) in [6.07, 6.45) is -21.6. The van der Waals surface area contributed by atoms with E-state index in [2.05, 4.69) is 0 Å². The summed E-state index contributed by atoms with van der Waals surface area (Å²) in [5.41, 5.74) is 0.769. The lowest BCUT2D eigenvalue weighted by Gasteiger charge is -2.45. The number of rotatable bonds is 22. The maximum absolute atomic E-state index is 14.4. The molecule has 4 heterocycles. The lowest BCUT2D eigenvalue weighted by Crippen LogP contribution is -2.64. The van der Waals surface area contributed by atoms with Crippen molar-refractivity contribution in [2.75, 3.05) is 26.4 Å². The van der Waals surface area contributed by atoms with E-state index in [4.69, 9.17) is 66.3 Å². The molecule has 0 bridgehead atoms. The van der Waals surface area contributed by atoms with E-state index in [1.54, 1.807) is 146 Å². The number of hydrogen-bond donors (Lipinski definition) is 0. The Labute approximate surface area is 549 Å². The molecule has 4 saturated heterocycles. The fourth-order valence-corrected chi connectivity index (χ4v) is 11.3. The standard InChI is InChI=1S/C74H62O22/c75-65(45-25-9-1-10-26-45)85-43-55-59(91-67(77)47-29-13-3-14-30-47)61(93-69(79)49-33-17-5-18-34-49)63(95-71(81)51-37-21-7-22-38-51)73(89-55)87-53-41-83-58-54(42-84-57(53)58)88-74-64(96-72(82)52-39-23-8-24-40-52)62(94-70(80)50-35-19-6-20-36-50)60(92-68(78)48-31-15-4-16-32-48)56(90-74)44-86-66(76)46-27-11-2-12-28-46/h1-40,53-64,73-74H,41-44H2/t53-,54+,55-,56-,57-,58-,59-,60-,61+,62+,63-,64-,73-,74-/m1/s1. The Morgan fingerprint density at radius 3 is 0.719 bits per heavy atom. The van der Waals surface area contributed by atoms with Gasteiger partial charge in [0, 0.05) is 0 Å². The average molecular weight is 1300 g/mol. The van der Waals surface area contributed by atoms with Crippen molar-refractivity contribution < 1.29 is 105 Å². The smallest absolute Gasteiger partial charge is 0.338 e. The Kier molecular flexibility index (Phi) is 21.1. The van der Waals surface area contributed by atoms with Crippen molar-refractivity contribution in [2.45, 2.75) is 85.8 Å². The van der Waals surface area contributed by atoms with Gasteiger partial charge in [0.2, 0.25) is 0 Å². The molecule has 0 unspecified atom stereocenters. The third kappa shape index (κ3) is 15.7. The summed E-state index contributed by atoms with van der Waals surface area (Å²) < 4.78 is 89.2. The van der Waals surface area contributed by atoms with E-state index in [1.165, 1.54) is 97.1 Å². The van der Waals surface area contributed by atoms with Crippen molar-refractivity contribution in [3.05, 3.63) is 287 Å². The monoisotopic (exact) mass is 1300 g/mol. The zero-order chi connectivity index (χ0) is 66.3. The van der Waals surface area contributed by atoms with Gasteiger partial charge in [-0.25, -0.2) is 38.4 Å². The van der Waals surface area contributed by atoms with Crippen LogP contribution < -0.4 is 0 Å². The van der Waals surface area contributed by atoms with Crippen LogP contribution >= 0.6 is 0 Å². The molecule has 4 fully saturated rings. The van der Waals surface area contributed by atoms with Crippen LogP contribution in [0, 0.1) is 0 Å². The Balaban J connectivity index is 0.881. The molecule has 0 saturated carbocycles. The van der Waals surface area contributed by atoms with Crippen LogP contribution in [0.2, 0.25) is 0 Å². The second kappa shape index (κ2) is 31.0. The molecule has 12 rings (SSSR count). The second-order valence-electron chi connectivity index (χ2n) is 22.4. The molecule has 4 aliphatic heterocycles. The van der Waals surface area contributed by atoms with Gasteiger partial charge in [-0.1, -0.05) is 146 Å². The molecule has 0 aliphatic carbocycles. The number of benzene rings is 8. The number of ether oxygens (including phenoxy) is 14. The molecule has 0 spiro atoms. The van der Waals surface area contributed by atoms with Gasteiger partial charge in [0.25, 0.3) is 0 Å². The Morgan fingerprint density at radius 2 is 0.479 bits per heavy atom. The molecule has 96 heavy (non-hydrogen) atoms. The second-order valence-corrected chi connectivity index (χ2v) is 22.4. The van der Waals surface area contributed by atoms with Crippen LogP contribution in [0.4, 0.5) is 0 Å². The Bertz CT molecular complexity index is 3690. The molecule has 0 aromatic heterocycles. The molecule has 14 atom stereocenters. The van der Waals surface area contributed by atoms with Crippen molar-refractivity contribution in [3.63, 3.8) is 0 Å². The Hall–Kier alpha value is -10.7. The van der Waals surface area contributed by atoms with Crippen LogP contribution in [0.5, 0.6) is 0 Å². The zero-order valence-electron chi connectivity index (χ0n) is 51.0. The normalized spacial score (nSPS) is 24.9. The van der Waals surface area contributed by atoms with Crippen molar-refractivity contribution >= 4 is 47.8 Å². The topological polar surface area (TPSA) is 266 Å². The summed E-state index contributed by atoms with van der Waals surface area (Å²) in [4.78, 5) is 113. The summed E-state index contributed by atoms with van der Waals surface area (Å²) in [5.74, 6) is -7.12. The van der Waals surface area contributed by atoms with E-state index in [-0.39, 0.29) is 57.7 Å². The van der Waals surface area contributed by atoms with Gasteiger partial charge in [-0.05, 0) is 97.1 Å². The van der Waals surface area contributed by atoms with Crippen molar-refractivity contribution in [3.8, 4) is 0 Å². The van der Waals surface area contributed by atoms with Crippen LogP contribution in [-0.2, 0) is 66.3 Å².